The molecule has 0 radical (unpaired) electrons. The molecule has 0 amide bonds. The number of carbonyl (C=O) groups is 1. The standard InChI is InChI=1S/C17H35NO3/c1-7-10-11-15(8-2)12-20-13-17(6,18-14(4)5)16(19)21-9-3/h14-15,18H,7-13H2,1-6H3. The second-order valence-corrected chi connectivity index (χ2v) is 6.28. The van der Waals surface area contributed by atoms with Crippen LogP contribution in [0.2, 0.25) is 0 Å². The fraction of sp³-hybridized carbons (Fsp3) is 0.941. The Balaban J connectivity index is 4.43. The van der Waals surface area contributed by atoms with Crippen molar-refractivity contribution in [3.63, 3.8) is 0 Å². The summed E-state index contributed by atoms with van der Waals surface area (Å²) in [6.45, 7) is 13.6. The van der Waals surface area contributed by atoms with Crippen molar-refractivity contribution >= 4 is 5.97 Å². The number of ether oxygens (including phenoxy) is 2. The van der Waals surface area contributed by atoms with Gasteiger partial charge in [-0.2, -0.15) is 0 Å². The molecular weight excluding hydrogens is 266 g/mol. The van der Waals surface area contributed by atoms with Crippen molar-refractivity contribution in [2.45, 2.75) is 78.8 Å². The molecule has 4 nitrogen and oxygen atoms in total. The van der Waals surface area contributed by atoms with E-state index in [1.165, 1.54) is 19.3 Å². The summed E-state index contributed by atoms with van der Waals surface area (Å²) >= 11 is 0. The number of hydrogen-bond acceptors (Lipinski definition) is 4. The second-order valence-electron chi connectivity index (χ2n) is 6.28. The van der Waals surface area contributed by atoms with Crippen LogP contribution in [0.4, 0.5) is 0 Å². The van der Waals surface area contributed by atoms with Crippen molar-refractivity contribution in [1.29, 1.82) is 0 Å². The topological polar surface area (TPSA) is 47.6 Å². The van der Waals surface area contributed by atoms with Gasteiger partial charge in [-0.05, 0) is 40.0 Å². The smallest absolute Gasteiger partial charge is 0.328 e. The molecule has 4 heteroatoms. The molecule has 0 bridgehead atoms. The molecule has 0 saturated heterocycles. The Hall–Kier alpha value is -0.610. The van der Waals surface area contributed by atoms with Gasteiger partial charge >= 0.3 is 5.97 Å². The Morgan fingerprint density at radius 1 is 1.24 bits per heavy atom. The second kappa shape index (κ2) is 11.0. The van der Waals surface area contributed by atoms with E-state index in [1.807, 2.05) is 27.7 Å². The van der Waals surface area contributed by atoms with Gasteiger partial charge in [0.15, 0.2) is 0 Å². The van der Waals surface area contributed by atoms with Gasteiger partial charge in [-0.15, -0.1) is 0 Å². The fourth-order valence-electron chi connectivity index (χ4n) is 2.41. The molecule has 0 aliphatic rings. The van der Waals surface area contributed by atoms with Gasteiger partial charge in [0.05, 0.1) is 13.2 Å². The highest BCUT2D eigenvalue weighted by Crippen LogP contribution is 2.15. The lowest BCUT2D eigenvalue weighted by Gasteiger charge is -2.31. The predicted octanol–water partition coefficient (Wildman–Crippen LogP) is 3.54. The Bertz CT molecular complexity index is 281. The Morgan fingerprint density at radius 2 is 1.90 bits per heavy atom. The SMILES string of the molecule is CCCCC(CC)COCC(C)(NC(C)C)C(=O)OCC. The first-order valence-corrected chi connectivity index (χ1v) is 8.42. The van der Waals surface area contributed by atoms with Crippen LogP contribution in [-0.2, 0) is 14.3 Å². The monoisotopic (exact) mass is 301 g/mol. The van der Waals surface area contributed by atoms with Crippen molar-refractivity contribution in [2.24, 2.45) is 5.92 Å². The van der Waals surface area contributed by atoms with E-state index in [0.29, 0.717) is 25.7 Å². The summed E-state index contributed by atoms with van der Waals surface area (Å²) in [6, 6.07) is 0.199. The highest BCUT2D eigenvalue weighted by atomic mass is 16.5. The predicted molar refractivity (Wildman–Crippen MR) is 87.4 cm³/mol. The van der Waals surface area contributed by atoms with Gasteiger partial charge < -0.3 is 9.47 Å². The van der Waals surface area contributed by atoms with E-state index < -0.39 is 5.54 Å². The molecule has 0 aromatic carbocycles. The highest BCUT2D eigenvalue weighted by Gasteiger charge is 2.35. The van der Waals surface area contributed by atoms with E-state index in [1.54, 1.807) is 0 Å². The summed E-state index contributed by atoms with van der Waals surface area (Å²) in [5.74, 6) is 0.343. The van der Waals surface area contributed by atoms with Crippen LogP contribution < -0.4 is 5.32 Å². The average Bonchev–Trinajstić information content (AvgIpc) is 2.42. The maximum atomic E-state index is 12.2. The molecule has 1 N–H and O–H groups in total. The zero-order valence-electron chi connectivity index (χ0n) is 14.8. The minimum Gasteiger partial charge on any atom is -0.465 e. The lowest BCUT2D eigenvalue weighted by atomic mass is 10.00. The summed E-state index contributed by atoms with van der Waals surface area (Å²) in [5, 5.41) is 3.28. The van der Waals surface area contributed by atoms with Crippen LogP contribution in [0.3, 0.4) is 0 Å². The fourth-order valence-corrected chi connectivity index (χ4v) is 2.41. The minimum atomic E-state index is -0.771. The van der Waals surface area contributed by atoms with E-state index in [9.17, 15) is 4.79 Å². The molecule has 0 aliphatic heterocycles. The Kier molecular flexibility index (Phi) is 10.7. The van der Waals surface area contributed by atoms with E-state index in [2.05, 4.69) is 19.2 Å². The van der Waals surface area contributed by atoms with E-state index >= 15 is 0 Å². The van der Waals surface area contributed by atoms with E-state index in [-0.39, 0.29) is 12.0 Å². The molecule has 0 spiro atoms. The maximum absolute atomic E-state index is 12.2. The molecule has 2 atom stereocenters. The van der Waals surface area contributed by atoms with Crippen molar-refractivity contribution in [2.75, 3.05) is 19.8 Å². The molecule has 126 valence electrons. The van der Waals surface area contributed by atoms with Crippen molar-refractivity contribution in [3.8, 4) is 0 Å². The number of nitrogens with one attached hydrogen (secondary N) is 1. The molecule has 21 heavy (non-hydrogen) atoms. The van der Waals surface area contributed by atoms with Crippen LogP contribution in [0.25, 0.3) is 0 Å². The van der Waals surface area contributed by atoms with Gasteiger partial charge in [-0.25, -0.2) is 4.79 Å². The highest BCUT2D eigenvalue weighted by molar-refractivity contribution is 5.80. The number of rotatable bonds is 12. The molecular formula is C17H35NO3. The summed E-state index contributed by atoms with van der Waals surface area (Å²) in [5.41, 5.74) is -0.771. The summed E-state index contributed by atoms with van der Waals surface area (Å²) in [4.78, 5) is 12.2. The van der Waals surface area contributed by atoms with Crippen LogP contribution in [0.5, 0.6) is 0 Å². The van der Waals surface area contributed by atoms with Crippen LogP contribution in [0, 0.1) is 5.92 Å². The quantitative estimate of drug-likeness (QED) is 0.560. The lowest BCUT2D eigenvalue weighted by molar-refractivity contribution is -0.154. The van der Waals surface area contributed by atoms with Crippen LogP contribution in [-0.4, -0.2) is 37.4 Å². The zero-order valence-corrected chi connectivity index (χ0v) is 14.8. The van der Waals surface area contributed by atoms with E-state index in [4.69, 9.17) is 9.47 Å². The molecule has 0 heterocycles. The summed E-state index contributed by atoms with van der Waals surface area (Å²) in [6.07, 6.45) is 4.77. The summed E-state index contributed by atoms with van der Waals surface area (Å²) < 4.78 is 11.0. The molecule has 2 unspecified atom stereocenters. The number of carbonyl (C=O) groups excluding carboxylic acids is 1. The third kappa shape index (κ3) is 8.42. The van der Waals surface area contributed by atoms with Crippen molar-refractivity contribution < 1.29 is 14.3 Å². The van der Waals surface area contributed by atoms with Crippen LogP contribution >= 0.6 is 0 Å². The Morgan fingerprint density at radius 3 is 2.38 bits per heavy atom. The van der Waals surface area contributed by atoms with E-state index in [0.717, 1.165) is 6.42 Å². The third-order valence-electron chi connectivity index (χ3n) is 3.62. The van der Waals surface area contributed by atoms with Gasteiger partial charge in [0.1, 0.15) is 5.54 Å². The number of unbranched alkanes of at least 4 members (excludes halogenated alkanes) is 1. The molecule has 0 saturated carbocycles. The summed E-state index contributed by atoms with van der Waals surface area (Å²) in [7, 11) is 0. The van der Waals surface area contributed by atoms with Gasteiger partial charge in [0.25, 0.3) is 0 Å². The lowest BCUT2D eigenvalue weighted by Crippen LogP contribution is -2.56. The van der Waals surface area contributed by atoms with Crippen molar-refractivity contribution in [3.05, 3.63) is 0 Å². The van der Waals surface area contributed by atoms with Gasteiger partial charge in [-0.1, -0.05) is 33.1 Å². The molecule has 0 rings (SSSR count). The average molecular weight is 301 g/mol. The van der Waals surface area contributed by atoms with Gasteiger partial charge in [-0.3, -0.25) is 5.32 Å². The number of esters is 1. The van der Waals surface area contributed by atoms with Crippen molar-refractivity contribution in [1.82, 2.24) is 5.32 Å². The van der Waals surface area contributed by atoms with Crippen LogP contribution in [0.15, 0.2) is 0 Å². The van der Waals surface area contributed by atoms with Gasteiger partial charge in [0, 0.05) is 12.6 Å². The van der Waals surface area contributed by atoms with Crippen LogP contribution in [0.1, 0.15) is 67.2 Å². The first kappa shape index (κ1) is 20.4. The largest absolute Gasteiger partial charge is 0.465 e. The van der Waals surface area contributed by atoms with Gasteiger partial charge in [0.2, 0.25) is 0 Å². The third-order valence-corrected chi connectivity index (χ3v) is 3.62. The molecule has 0 aromatic heterocycles. The number of hydrogen-bond donors (Lipinski definition) is 1. The molecule has 0 fully saturated rings. The first-order valence-electron chi connectivity index (χ1n) is 8.42. The molecule has 0 aromatic rings. The normalized spacial score (nSPS) is 15.8. The minimum absolute atomic E-state index is 0.199. The Labute approximate surface area is 131 Å². The first-order chi connectivity index (χ1) is 9.89. The maximum Gasteiger partial charge on any atom is 0.328 e. The zero-order chi connectivity index (χ0) is 16.3. The molecule has 0 aliphatic carbocycles.